The van der Waals surface area contributed by atoms with Gasteiger partial charge in [0.05, 0.1) is 13.2 Å². The number of ether oxygens (including phenoxy) is 2. The number of carbonyl (C=O) groups excluding carboxylic acids is 1. The standard InChI is InChI=1S/C13H17BrO3/c1-2-16-13(15)8-5-11-3-6-12(7-4-11)17-10-9-14/h3-4,6-7H,2,5,8-10H2,1H3. The number of carbonyl (C=O) groups is 1. The highest BCUT2D eigenvalue weighted by molar-refractivity contribution is 9.09. The predicted molar refractivity (Wildman–Crippen MR) is 70.7 cm³/mol. The first-order valence-electron chi connectivity index (χ1n) is 5.69. The summed E-state index contributed by atoms with van der Waals surface area (Å²) < 4.78 is 10.3. The summed E-state index contributed by atoms with van der Waals surface area (Å²) in [5, 5.41) is 0.817. The maximum atomic E-state index is 11.2. The fourth-order valence-corrected chi connectivity index (χ4v) is 1.55. The molecule has 17 heavy (non-hydrogen) atoms. The highest BCUT2D eigenvalue weighted by Gasteiger charge is 2.02. The molecular weight excluding hydrogens is 284 g/mol. The zero-order chi connectivity index (χ0) is 12.5. The average molecular weight is 301 g/mol. The molecule has 0 aliphatic carbocycles. The second kappa shape index (κ2) is 8.12. The molecule has 0 aliphatic rings. The Kier molecular flexibility index (Phi) is 6.70. The Morgan fingerprint density at radius 2 is 2.00 bits per heavy atom. The van der Waals surface area contributed by atoms with Crippen LogP contribution in [-0.4, -0.2) is 24.5 Å². The normalized spacial score (nSPS) is 10.0. The Morgan fingerprint density at radius 3 is 2.59 bits per heavy atom. The number of alkyl halides is 1. The summed E-state index contributed by atoms with van der Waals surface area (Å²) in [6, 6.07) is 7.79. The van der Waals surface area contributed by atoms with Crippen molar-refractivity contribution in [3.05, 3.63) is 29.8 Å². The molecule has 0 N–H and O–H groups in total. The quantitative estimate of drug-likeness (QED) is 0.574. The van der Waals surface area contributed by atoms with Crippen LogP contribution in [0.1, 0.15) is 18.9 Å². The van der Waals surface area contributed by atoms with Gasteiger partial charge >= 0.3 is 5.97 Å². The number of aryl methyl sites for hydroxylation is 1. The van der Waals surface area contributed by atoms with Gasteiger partial charge in [-0.3, -0.25) is 4.79 Å². The molecule has 94 valence electrons. The van der Waals surface area contributed by atoms with Gasteiger partial charge < -0.3 is 9.47 Å². The van der Waals surface area contributed by atoms with Gasteiger partial charge in [-0.15, -0.1) is 0 Å². The molecular formula is C13H17BrO3. The van der Waals surface area contributed by atoms with Gasteiger partial charge in [-0.05, 0) is 31.0 Å². The van der Waals surface area contributed by atoms with Crippen molar-refractivity contribution in [2.45, 2.75) is 19.8 Å². The van der Waals surface area contributed by atoms with Crippen molar-refractivity contribution < 1.29 is 14.3 Å². The molecule has 1 aromatic rings. The lowest BCUT2D eigenvalue weighted by molar-refractivity contribution is -0.143. The average Bonchev–Trinajstić information content (AvgIpc) is 2.35. The number of esters is 1. The van der Waals surface area contributed by atoms with Crippen LogP contribution < -0.4 is 4.74 Å². The minimum absolute atomic E-state index is 0.146. The van der Waals surface area contributed by atoms with Gasteiger partial charge in [0.15, 0.2) is 0 Å². The topological polar surface area (TPSA) is 35.5 Å². The molecule has 1 rings (SSSR count). The molecule has 0 bridgehead atoms. The molecule has 0 radical (unpaired) electrons. The first-order valence-corrected chi connectivity index (χ1v) is 6.81. The lowest BCUT2D eigenvalue weighted by Gasteiger charge is -2.05. The summed E-state index contributed by atoms with van der Waals surface area (Å²) >= 11 is 3.30. The molecule has 1 aromatic carbocycles. The fourth-order valence-electron chi connectivity index (χ4n) is 1.39. The summed E-state index contributed by atoms with van der Waals surface area (Å²) in [4.78, 5) is 11.2. The SMILES string of the molecule is CCOC(=O)CCc1ccc(OCCBr)cc1. The van der Waals surface area contributed by atoms with E-state index in [2.05, 4.69) is 15.9 Å². The van der Waals surface area contributed by atoms with Crippen LogP contribution in [0.3, 0.4) is 0 Å². The molecule has 0 amide bonds. The van der Waals surface area contributed by atoms with Gasteiger partial charge in [0.25, 0.3) is 0 Å². The molecule has 3 nitrogen and oxygen atoms in total. The van der Waals surface area contributed by atoms with Crippen LogP contribution in [0.4, 0.5) is 0 Å². The third-order valence-corrected chi connectivity index (χ3v) is 2.52. The van der Waals surface area contributed by atoms with Crippen molar-refractivity contribution in [3.8, 4) is 5.75 Å². The van der Waals surface area contributed by atoms with Gasteiger partial charge in [0.1, 0.15) is 5.75 Å². The van der Waals surface area contributed by atoms with Crippen LogP contribution in [0.25, 0.3) is 0 Å². The highest BCUT2D eigenvalue weighted by Crippen LogP contribution is 2.13. The highest BCUT2D eigenvalue weighted by atomic mass is 79.9. The van der Waals surface area contributed by atoms with E-state index in [9.17, 15) is 4.79 Å². The van der Waals surface area contributed by atoms with E-state index >= 15 is 0 Å². The van der Waals surface area contributed by atoms with Gasteiger partial charge in [-0.25, -0.2) is 0 Å². The van der Waals surface area contributed by atoms with E-state index in [1.807, 2.05) is 31.2 Å². The first kappa shape index (κ1) is 14.0. The van der Waals surface area contributed by atoms with Gasteiger partial charge in [0.2, 0.25) is 0 Å². The van der Waals surface area contributed by atoms with E-state index in [1.165, 1.54) is 0 Å². The Labute approximate surface area is 110 Å². The molecule has 0 spiro atoms. The van der Waals surface area contributed by atoms with E-state index in [0.717, 1.165) is 16.6 Å². The number of benzene rings is 1. The van der Waals surface area contributed by atoms with E-state index in [-0.39, 0.29) is 5.97 Å². The maximum absolute atomic E-state index is 11.2. The number of halogens is 1. The molecule has 0 fully saturated rings. The van der Waals surface area contributed by atoms with Crippen molar-refractivity contribution >= 4 is 21.9 Å². The molecule has 0 unspecified atom stereocenters. The van der Waals surface area contributed by atoms with Crippen LogP contribution in [0.15, 0.2) is 24.3 Å². The van der Waals surface area contributed by atoms with Crippen LogP contribution >= 0.6 is 15.9 Å². The summed E-state index contributed by atoms with van der Waals surface area (Å²) in [6.45, 7) is 2.91. The van der Waals surface area contributed by atoms with Crippen molar-refractivity contribution in [3.63, 3.8) is 0 Å². The molecule has 0 saturated carbocycles. The first-order chi connectivity index (χ1) is 8.26. The summed E-state index contributed by atoms with van der Waals surface area (Å²) in [5.41, 5.74) is 1.12. The maximum Gasteiger partial charge on any atom is 0.306 e. The van der Waals surface area contributed by atoms with E-state index in [1.54, 1.807) is 0 Å². The molecule has 0 saturated heterocycles. The number of hydrogen-bond donors (Lipinski definition) is 0. The van der Waals surface area contributed by atoms with Crippen LogP contribution in [-0.2, 0) is 16.0 Å². The molecule has 0 atom stereocenters. The van der Waals surface area contributed by atoms with Gasteiger partial charge in [0, 0.05) is 11.8 Å². The van der Waals surface area contributed by atoms with Gasteiger partial charge in [-0.1, -0.05) is 28.1 Å². The van der Waals surface area contributed by atoms with Crippen LogP contribution in [0.5, 0.6) is 5.75 Å². The minimum atomic E-state index is -0.146. The predicted octanol–water partition coefficient (Wildman–Crippen LogP) is 2.96. The minimum Gasteiger partial charge on any atom is -0.493 e. The van der Waals surface area contributed by atoms with E-state index in [4.69, 9.17) is 9.47 Å². The molecule has 0 heterocycles. The second-order valence-corrected chi connectivity index (χ2v) is 4.28. The Bertz CT molecular complexity index is 335. The fraction of sp³-hybridized carbons (Fsp3) is 0.462. The van der Waals surface area contributed by atoms with E-state index in [0.29, 0.717) is 26.1 Å². The third-order valence-electron chi connectivity index (χ3n) is 2.19. The summed E-state index contributed by atoms with van der Waals surface area (Å²) in [6.07, 6.45) is 1.13. The van der Waals surface area contributed by atoms with Crippen molar-refractivity contribution in [1.29, 1.82) is 0 Å². The zero-order valence-corrected chi connectivity index (χ0v) is 11.5. The second-order valence-electron chi connectivity index (χ2n) is 3.49. The van der Waals surface area contributed by atoms with Crippen molar-refractivity contribution in [1.82, 2.24) is 0 Å². The Hall–Kier alpha value is -1.03. The van der Waals surface area contributed by atoms with Gasteiger partial charge in [-0.2, -0.15) is 0 Å². The number of rotatable bonds is 7. The summed E-state index contributed by atoms with van der Waals surface area (Å²) in [5.74, 6) is 0.705. The van der Waals surface area contributed by atoms with Crippen LogP contribution in [0, 0.1) is 0 Å². The third kappa shape index (κ3) is 5.73. The zero-order valence-electron chi connectivity index (χ0n) is 9.95. The Balaban J connectivity index is 2.37. The Morgan fingerprint density at radius 1 is 1.29 bits per heavy atom. The molecule has 4 heteroatoms. The monoisotopic (exact) mass is 300 g/mol. The van der Waals surface area contributed by atoms with Crippen molar-refractivity contribution in [2.75, 3.05) is 18.5 Å². The van der Waals surface area contributed by atoms with Crippen molar-refractivity contribution in [2.24, 2.45) is 0 Å². The molecule has 0 aliphatic heterocycles. The summed E-state index contributed by atoms with van der Waals surface area (Å²) in [7, 11) is 0. The number of hydrogen-bond acceptors (Lipinski definition) is 3. The lowest BCUT2D eigenvalue weighted by atomic mass is 10.1. The molecule has 0 aromatic heterocycles. The smallest absolute Gasteiger partial charge is 0.306 e. The largest absolute Gasteiger partial charge is 0.493 e. The van der Waals surface area contributed by atoms with Crippen LogP contribution in [0.2, 0.25) is 0 Å². The van der Waals surface area contributed by atoms with E-state index < -0.39 is 0 Å². The lowest BCUT2D eigenvalue weighted by Crippen LogP contribution is -2.05.